The van der Waals surface area contributed by atoms with Crippen molar-refractivity contribution < 1.29 is 4.74 Å². The van der Waals surface area contributed by atoms with Crippen molar-refractivity contribution in [2.45, 2.75) is 19.3 Å². The van der Waals surface area contributed by atoms with Gasteiger partial charge in [-0.05, 0) is 36.2 Å². The lowest BCUT2D eigenvalue weighted by Crippen LogP contribution is -2.22. The molecule has 2 nitrogen and oxygen atoms in total. The van der Waals surface area contributed by atoms with Crippen molar-refractivity contribution in [1.29, 1.82) is 0 Å². The molecule has 0 saturated carbocycles. The molecule has 0 spiro atoms. The Morgan fingerprint density at radius 3 is 2.30 bits per heavy atom. The van der Waals surface area contributed by atoms with Crippen molar-refractivity contribution in [3.63, 3.8) is 0 Å². The van der Waals surface area contributed by atoms with Crippen LogP contribution in [0.1, 0.15) is 24.0 Å². The molecule has 0 bridgehead atoms. The minimum atomic E-state index is 0.504. The summed E-state index contributed by atoms with van der Waals surface area (Å²) in [7, 11) is 1.70. The van der Waals surface area contributed by atoms with Crippen LogP contribution in [0.5, 0.6) is 5.75 Å². The molecule has 0 aromatic heterocycles. The van der Waals surface area contributed by atoms with Gasteiger partial charge < -0.3 is 10.1 Å². The van der Waals surface area contributed by atoms with Gasteiger partial charge in [0.1, 0.15) is 5.75 Å². The fourth-order valence-electron chi connectivity index (χ4n) is 2.40. The summed E-state index contributed by atoms with van der Waals surface area (Å²) in [6, 6.07) is 19.1. The van der Waals surface area contributed by atoms with Gasteiger partial charge >= 0.3 is 0 Å². The number of ether oxygens (including phenoxy) is 1. The molecule has 2 heteroatoms. The topological polar surface area (TPSA) is 21.3 Å². The summed E-state index contributed by atoms with van der Waals surface area (Å²) >= 11 is 0. The Labute approximate surface area is 121 Å². The van der Waals surface area contributed by atoms with Gasteiger partial charge in [-0.3, -0.25) is 0 Å². The van der Waals surface area contributed by atoms with Crippen LogP contribution in [-0.2, 0) is 6.42 Å². The SMILES string of the molecule is CCNCC(Cc1ccc(OC)cc1)c1ccccc1. The van der Waals surface area contributed by atoms with Crippen molar-refractivity contribution >= 4 is 0 Å². The minimum absolute atomic E-state index is 0.504. The van der Waals surface area contributed by atoms with Crippen LogP contribution < -0.4 is 10.1 Å². The first-order valence-corrected chi connectivity index (χ1v) is 7.22. The molecule has 0 aliphatic carbocycles. The Bertz CT molecular complexity index is 493. The van der Waals surface area contributed by atoms with Crippen molar-refractivity contribution in [3.05, 3.63) is 65.7 Å². The maximum absolute atomic E-state index is 5.21. The monoisotopic (exact) mass is 269 g/mol. The van der Waals surface area contributed by atoms with Gasteiger partial charge in [-0.2, -0.15) is 0 Å². The predicted octanol–water partition coefficient (Wildman–Crippen LogP) is 3.63. The van der Waals surface area contributed by atoms with Crippen molar-refractivity contribution in [1.82, 2.24) is 5.32 Å². The molecule has 106 valence electrons. The third-order valence-corrected chi connectivity index (χ3v) is 3.55. The van der Waals surface area contributed by atoms with Gasteiger partial charge in [0.15, 0.2) is 0 Å². The van der Waals surface area contributed by atoms with E-state index in [9.17, 15) is 0 Å². The summed E-state index contributed by atoms with van der Waals surface area (Å²) < 4.78 is 5.21. The maximum atomic E-state index is 5.21. The number of rotatable bonds is 7. The third kappa shape index (κ3) is 4.10. The molecule has 0 heterocycles. The average molecular weight is 269 g/mol. The van der Waals surface area contributed by atoms with Crippen LogP contribution in [0.4, 0.5) is 0 Å². The minimum Gasteiger partial charge on any atom is -0.497 e. The van der Waals surface area contributed by atoms with E-state index < -0.39 is 0 Å². The molecule has 0 fully saturated rings. The van der Waals surface area contributed by atoms with Gasteiger partial charge in [0, 0.05) is 12.5 Å². The van der Waals surface area contributed by atoms with E-state index in [-0.39, 0.29) is 0 Å². The zero-order valence-corrected chi connectivity index (χ0v) is 12.3. The fraction of sp³-hybridized carbons (Fsp3) is 0.333. The van der Waals surface area contributed by atoms with Crippen LogP contribution in [0.2, 0.25) is 0 Å². The Morgan fingerprint density at radius 1 is 1.00 bits per heavy atom. The van der Waals surface area contributed by atoms with E-state index in [1.807, 2.05) is 12.1 Å². The van der Waals surface area contributed by atoms with Crippen LogP contribution in [0, 0.1) is 0 Å². The van der Waals surface area contributed by atoms with Gasteiger partial charge in [0.05, 0.1) is 7.11 Å². The van der Waals surface area contributed by atoms with E-state index in [1.54, 1.807) is 7.11 Å². The molecule has 2 aromatic carbocycles. The lowest BCUT2D eigenvalue weighted by Gasteiger charge is -2.18. The third-order valence-electron chi connectivity index (χ3n) is 3.55. The Morgan fingerprint density at radius 2 is 1.70 bits per heavy atom. The molecule has 2 aromatic rings. The molecule has 0 amide bonds. The summed E-state index contributed by atoms with van der Waals surface area (Å²) in [6.45, 7) is 4.16. The van der Waals surface area contributed by atoms with E-state index in [0.717, 1.165) is 25.3 Å². The Balaban J connectivity index is 2.10. The first kappa shape index (κ1) is 14.6. The van der Waals surface area contributed by atoms with E-state index in [0.29, 0.717) is 5.92 Å². The van der Waals surface area contributed by atoms with Gasteiger partial charge in [0.25, 0.3) is 0 Å². The summed E-state index contributed by atoms with van der Waals surface area (Å²) in [6.07, 6.45) is 1.04. The Kier molecular flexibility index (Phi) is 5.63. The van der Waals surface area contributed by atoms with E-state index in [2.05, 4.69) is 54.7 Å². The normalized spacial score (nSPS) is 12.1. The highest BCUT2D eigenvalue weighted by molar-refractivity contribution is 5.30. The first-order chi connectivity index (χ1) is 9.83. The quantitative estimate of drug-likeness (QED) is 0.828. The molecule has 1 atom stereocenters. The van der Waals surface area contributed by atoms with E-state index in [4.69, 9.17) is 4.74 Å². The summed E-state index contributed by atoms with van der Waals surface area (Å²) in [5.41, 5.74) is 2.74. The second-order valence-corrected chi connectivity index (χ2v) is 4.97. The van der Waals surface area contributed by atoms with E-state index >= 15 is 0 Å². The fourth-order valence-corrected chi connectivity index (χ4v) is 2.40. The van der Waals surface area contributed by atoms with E-state index in [1.165, 1.54) is 11.1 Å². The molecule has 20 heavy (non-hydrogen) atoms. The van der Waals surface area contributed by atoms with Gasteiger partial charge in [-0.1, -0.05) is 49.4 Å². The molecular weight excluding hydrogens is 246 g/mol. The molecular formula is C18H23NO. The summed E-state index contributed by atoms with van der Waals surface area (Å²) in [5, 5.41) is 3.46. The highest BCUT2D eigenvalue weighted by Gasteiger charge is 2.11. The predicted molar refractivity (Wildman–Crippen MR) is 84.4 cm³/mol. The second kappa shape index (κ2) is 7.71. The number of benzene rings is 2. The molecule has 0 aliphatic rings. The molecule has 1 N–H and O–H groups in total. The number of nitrogens with one attached hydrogen (secondary N) is 1. The lowest BCUT2D eigenvalue weighted by atomic mass is 9.92. The number of methoxy groups -OCH3 is 1. The standard InChI is InChI=1S/C18H23NO/c1-3-19-14-17(16-7-5-4-6-8-16)13-15-9-11-18(20-2)12-10-15/h4-12,17,19H,3,13-14H2,1-2H3. The maximum Gasteiger partial charge on any atom is 0.118 e. The largest absolute Gasteiger partial charge is 0.497 e. The van der Waals surface area contributed by atoms with Crippen LogP contribution in [0.25, 0.3) is 0 Å². The van der Waals surface area contributed by atoms with Crippen LogP contribution in [-0.4, -0.2) is 20.2 Å². The lowest BCUT2D eigenvalue weighted by molar-refractivity contribution is 0.414. The van der Waals surface area contributed by atoms with Gasteiger partial charge in [-0.25, -0.2) is 0 Å². The molecule has 0 saturated heterocycles. The molecule has 0 radical (unpaired) electrons. The number of likely N-dealkylation sites (N-methyl/N-ethyl adjacent to an activating group) is 1. The first-order valence-electron chi connectivity index (χ1n) is 7.22. The summed E-state index contributed by atoms with van der Waals surface area (Å²) in [4.78, 5) is 0. The summed E-state index contributed by atoms with van der Waals surface area (Å²) in [5.74, 6) is 1.42. The van der Waals surface area contributed by atoms with Gasteiger partial charge in [0.2, 0.25) is 0 Å². The molecule has 1 unspecified atom stereocenters. The average Bonchev–Trinajstić information content (AvgIpc) is 2.53. The highest BCUT2D eigenvalue weighted by atomic mass is 16.5. The van der Waals surface area contributed by atoms with Crippen molar-refractivity contribution in [2.24, 2.45) is 0 Å². The van der Waals surface area contributed by atoms with Crippen molar-refractivity contribution in [2.75, 3.05) is 20.2 Å². The van der Waals surface area contributed by atoms with Crippen LogP contribution >= 0.6 is 0 Å². The Hall–Kier alpha value is -1.80. The number of hydrogen-bond donors (Lipinski definition) is 1. The van der Waals surface area contributed by atoms with Crippen LogP contribution in [0.3, 0.4) is 0 Å². The smallest absolute Gasteiger partial charge is 0.118 e. The highest BCUT2D eigenvalue weighted by Crippen LogP contribution is 2.21. The van der Waals surface area contributed by atoms with Gasteiger partial charge in [-0.15, -0.1) is 0 Å². The molecule has 2 rings (SSSR count). The number of hydrogen-bond acceptors (Lipinski definition) is 2. The molecule has 0 aliphatic heterocycles. The van der Waals surface area contributed by atoms with Crippen LogP contribution in [0.15, 0.2) is 54.6 Å². The second-order valence-electron chi connectivity index (χ2n) is 4.97. The van der Waals surface area contributed by atoms with Crippen molar-refractivity contribution in [3.8, 4) is 5.75 Å². The zero-order chi connectivity index (χ0) is 14.2. The zero-order valence-electron chi connectivity index (χ0n) is 12.3.